The normalized spacial score (nSPS) is 10.1. The standard InChI is InChI=1S/C9H7ClN6O3S/c10-5-1-4(2-6(16(18)19)8(5)14-11)9(17)13-7-3-12-15-20-7/h1-3,14H,11H2,(H,13,17). The van der Waals surface area contributed by atoms with E-state index in [1.807, 2.05) is 0 Å². The Kier molecular flexibility index (Phi) is 4.08. The first-order valence-corrected chi connectivity index (χ1v) is 6.21. The fourth-order valence-electron chi connectivity index (χ4n) is 1.42. The topological polar surface area (TPSA) is 136 Å². The summed E-state index contributed by atoms with van der Waals surface area (Å²) in [5.41, 5.74) is 1.70. The molecule has 4 N–H and O–H groups in total. The van der Waals surface area contributed by atoms with E-state index < -0.39 is 16.5 Å². The molecule has 104 valence electrons. The Hall–Kier alpha value is -2.30. The first kappa shape index (κ1) is 14.1. The summed E-state index contributed by atoms with van der Waals surface area (Å²) in [6.07, 6.45) is 1.36. The Morgan fingerprint density at radius 3 is 2.80 bits per heavy atom. The molecule has 1 aromatic carbocycles. The van der Waals surface area contributed by atoms with Crippen LogP contribution < -0.4 is 16.6 Å². The van der Waals surface area contributed by atoms with E-state index in [2.05, 4.69) is 20.3 Å². The van der Waals surface area contributed by atoms with Gasteiger partial charge in [-0.15, -0.1) is 5.10 Å². The molecule has 1 aromatic heterocycles. The van der Waals surface area contributed by atoms with E-state index in [1.54, 1.807) is 0 Å². The van der Waals surface area contributed by atoms with E-state index in [-0.39, 0.29) is 16.3 Å². The first-order chi connectivity index (χ1) is 9.52. The highest BCUT2D eigenvalue weighted by Crippen LogP contribution is 2.33. The van der Waals surface area contributed by atoms with Crippen molar-refractivity contribution >= 4 is 45.4 Å². The van der Waals surface area contributed by atoms with Crippen LogP contribution in [0.2, 0.25) is 5.02 Å². The van der Waals surface area contributed by atoms with Gasteiger partial charge in [0.2, 0.25) is 0 Å². The summed E-state index contributed by atoms with van der Waals surface area (Å²) in [6, 6.07) is 2.35. The maximum atomic E-state index is 11.9. The zero-order chi connectivity index (χ0) is 14.7. The number of nitro groups is 1. The number of rotatable bonds is 4. The van der Waals surface area contributed by atoms with E-state index in [1.165, 1.54) is 12.3 Å². The van der Waals surface area contributed by atoms with E-state index in [9.17, 15) is 14.9 Å². The number of benzene rings is 1. The number of nitrogens with zero attached hydrogens (tertiary/aromatic N) is 3. The fraction of sp³-hybridized carbons (Fsp3) is 0. The lowest BCUT2D eigenvalue weighted by atomic mass is 10.1. The van der Waals surface area contributed by atoms with Gasteiger partial charge in [-0.05, 0) is 6.07 Å². The van der Waals surface area contributed by atoms with Gasteiger partial charge >= 0.3 is 0 Å². The number of hydrogen-bond acceptors (Lipinski definition) is 8. The van der Waals surface area contributed by atoms with Crippen molar-refractivity contribution in [3.05, 3.63) is 39.0 Å². The van der Waals surface area contributed by atoms with Crippen molar-refractivity contribution < 1.29 is 9.72 Å². The Labute approximate surface area is 121 Å². The number of nitrogens with one attached hydrogen (secondary N) is 2. The largest absolute Gasteiger partial charge is 0.317 e. The number of nitrogens with two attached hydrogens (primary N) is 1. The third-order valence-electron chi connectivity index (χ3n) is 2.27. The van der Waals surface area contributed by atoms with Crippen LogP contribution in [0.5, 0.6) is 0 Å². The molecule has 9 nitrogen and oxygen atoms in total. The van der Waals surface area contributed by atoms with Crippen LogP contribution in [0.4, 0.5) is 16.4 Å². The molecule has 0 radical (unpaired) electrons. The predicted octanol–water partition coefficient (Wildman–Crippen LogP) is 1.64. The summed E-state index contributed by atoms with van der Waals surface area (Å²) < 4.78 is 3.58. The zero-order valence-electron chi connectivity index (χ0n) is 9.66. The van der Waals surface area contributed by atoms with Gasteiger partial charge in [0, 0.05) is 23.2 Å². The van der Waals surface area contributed by atoms with Crippen molar-refractivity contribution in [2.75, 3.05) is 10.7 Å². The fourth-order valence-corrected chi connectivity index (χ4v) is 2.10. The molecule has 1 amide bonds. The number of nitro benzene ring substituents is 1. The van der Waals surface area contributed by atoms with Crippen molar-refractivity contribution in [1.29, 1.82) is 0 Å². The van der Waals surface area contributed by atoms with E-state index >= 15 is 0 Å². The number of amides is 1. The van der Waals surface area contributed by atoms with Crippen molar-refractivity contribution in [3.8, 4) is 0 Å². The average Bonchev–Trinajstić information content (AvgIpc) is 2.90. The van der Waals surface area contributed by atoms with E-state index in [4.69, 9.17) is 17.4 Å². The van der Waals surface area contributed by atoms with Gasteiger partial charge in [-0.1, -0.05) is 16.1 Å². The minimum Gasteiger partial charge on any atom is -0.317 e. The Balaban J connectivity index is 2.37. The highest BCUT2D eigenvalue weighted by atomic mass is 35.5. The van der Waals surface area contributed by atoms with Crippen LogP contribution in [0.25, 0.3) is 0 Å². The molecule has 2 aromatic rings. The summed E-state index contributed by atoms with van der Waals surface area (Å²) in [5.74, 6) is 4.61. The molecular weight excluding hydrogens is 308 g/mol. The van der Waals surface area contributed by atoms with Crippen molar-refractivity contribution in [3.63, 3.8) is 0 Å². The summed E-state index contributed by atoms with van der Waals surface area (Å²) in [7, 11) is 0. The van der Waals surface area contributed by atoms with Gasteiger partial charge in [0.1, 0.15) is 10.7 Å². The maximum Gasteiger partial charge on any atom is 0.295 e. The number of aromatic nitrogens is 2. The van der Waals surface area contributed by atoms with Crippen LogP contribution in [0.1, 0.15) is 10.4 Å². The zero-order valence-corrected chi connectivity index (χ0v) is 11.2. The third-order valence-corrected chi connectivity index (χ3v) is 3.15. The molecule has 11 heteroatoms. The molecule has 0 aliphatic heterocycles. The summed E-state index contributed by atoms with van der Waals surface area (Å²) >= 11 is 6.83. The van der Waals surface area contributed by atoms with Crippen LogP contribution >= 0.6 is 23.1 Å². The van der Waals surface area contributed by atoms with Crippen molar-refractivity contribution in [2.24, 2.45) is 5.84 Å². The molecule has 0 atom stereocenters. The van der Waals surface area contributed by atoms with Gasteiger partial charge in [0.25, 0.3) is 11.6 Å². The maximum absolute atomic E-state index is 11.9. The van der Waals surface area contributed by atoms with Crippen LogP contribution in [-0.2, 0) is 0 Å². The first-order valence-electron chi connectivity index (χ1n) is 5.06. The van der Waals surface area contributed by atoms with Gasteiger partial charge in [-0.25, -0.2) is 0 Å². The molecule has 0 saturated carbocycles. The van der Waals surface area contributed by atoms with Gasteiger partial charge in [0.05, 0.1) is 16.1 Å². The lowest BCUT2D eigenvalue weighted by molar-refractivity contribution is -0.384. The summed E-state index contributed by atoms with van der Waals surface area (Å²) in [4.78, 5) is 22.2. The molecule has 0 spiro atoms. The Morgan fingerprint density at radius 1 is 1.50 bits per heavy atom. The number of hydrazine groups is 1. The second-order valence-electron chi connectivity index (χ2n) is 3.49. The number of anilines is 2. The van der Waals surface area contributed by atoms with E-state index in [0.717, 1.165) is 17.6 Å². The van der Waals surface area contributed by atoms with Gasteiger partial charge in [-0.3, -0.25) is 20.8 Å². The molecule has 2 rings (SSSR count). The predicted molar refractivity (Wildman–Crippen MR) is 73.8 cm³/mol. The second kappa shape index (κ2) is 5.77. The monoisotopic (exact) mass is 314 g/mol. The Morgan fingerprint density at radius 2 is 2.25 bits per heavy atom. The van der Waals surface area contributed by atoms with Gasteiger partial charge in [0.15, 0.2) is 0 Å². The number of carbonyl (C=O) groups excluding carboxylic acids is 1. The smallest absolute Gasteiger partial charge is 0.295 e. The lowest BCUT2D eigenvalue weighted by Crippen LogP contribution is -2.14. The highest BCUT2D eigenvalue weighted by Gasteiger charge is 2.21. The van der Waals surface area contributed by atoms with Crippen LogP contribution in [0, 0.1) is 10.1 Å². The SMILES string of the molecule is NNc1c(Cl)cc(C(=O)Nc2cnns2)cc1[N+](=O)[O-]. The molecule has 0 fully saturated rings. The number of halogens is 1. The van der Waals surface area contributed by atoms with Crippen LogP contribution in [0.3, 0.4) is 0 Å². The average molecular weight is 315 g/mol. The van der Waals surface area contributed by atoms with Crippen LogP contribution in [-0.4, -0.2) is 20.4 Å². The number of hydrogen-bond donors (Lipinski definition) is 3. The number of carbonyl (C=O) groups is 1. The molecule has 0 aliphatic carbocycles. The molecule has 0 saturated heterocycles. The molecule has 20 heavy (non-hydrogen) atoms. The van der Waals surface area contributed by atoms with Crippen molar-refractivity contribution in [2.45, 2.75) is 0 Å². The summed E-state index contributed by atoms with van der Waals surface area (Å²) in [6.45, 7) is 0. The van der Waals surface area contributed by atoms with Crippen molar-refractivity contribution in [1.82, 2.24) is 9.59 Å². The Bertz CT molecular complexity index is 662. The summed E-state index contributed by atoms with van der Waals surface area (Å²) in [5, 5.41) is 17.3. The minimum atomic E-state index is -0.688. The quantitative estimate of drug-likeness (QED) is 0.443. The van der Waals surface area contributed by atoms with Gasteiger partial charge < -0.3 is 10.7 Å². The highest BCUT2D eigenvalue weighted by molar-refractivity contribution is 7.10. The number of nitrogen functional groups attached to an aromatic ring is 1. The second-order valence-corrected chi connectivity index (χ2v) is 4.68. The minimum absolute atomic E-state index is 0.0223. The molecular formula is C9H7ClN6O3S. The molecule has 0 unspecified atom stereocenters. The lowest BCUT2D eigenvalue weighted by Gasteiger charge is -2.07. The third kappa shape index (κ3) is 2.82. The van der Waals surface area contributed by atoms with Gasteiger partial charge in [-0.2, -0.15) is 0 Å². The molecule has 0 aliphatic rings. The van der Waals surface area contributed by atoms with Crippen LogP contribution in [0.15, 0.2) is 18.3 Å². The van der Waals surface area contributed by atoms with E-state index in [0.29, 0.717) is 5.00 Å². The molecule has 0 bridgehead atoms. The molecule has 1 heterocycles.